The molecule has 1 aliphatic heterocycles. The fourth-order valence-electron chi connectivity index (χ4n) is 5.36. The molecule has 7 heteroatoms. The van der Waals surface area contributed by atoms with Crippen LogP contribution in [0.15, 0.2) is 106 Å². The van der Waals surface area contributed by atoms with Crippen molar-refractivity contribution in [2.24, 2.45) is 4.99 Å². The highest BCUT2D eigenvalue weighted by Crippen LogP contribution is 2.42. The van der Waals surface area contributed by atoms with Crippen LogP contribution in [0.3, 0.4) is 0 Å². The van der Waals surface area contributed by atoms with Crippen LogP contribution < -0.4 is 19.6 Å². The van der Waals surface area contributed by atoms with E-state index in [1.54, 1.807) is 11.3 Å². The van der Waals surface area contributed by atoms with Crippen molar-refractivity contribution in [2.75, 3.05) is 0 Å². The first-order chi connectivity index (χ1) is 19.2. The van der Waals surface area contributed by atoms with E-state index in [0.29, 0.717) is 21.9 Å². The van der Waals surface area contributed by atoms with Crippen LogP contribution in [0.4, 0.5) is 0 Å². The smallest absolute Gasteiger partial charge is 0.271 e. The molecule has 0 bridgehead atoms. The number of ether oxygens (including phenoxy) is 1. The van der Waals surface area contributed by atoms with Gasteiger partial charge in [0, 0.05) is 26.6 Å². The zero-order chi connectivity index (χ0) is 26.3. The number of hydrogen-bond donors (Lipinski definition) is 0. The van der Waals surface area contributed by atoms with Crippen molar-refractivity contribution in [2.45, 2.75) is 25.5 Å². The first-order valence-corrected chi connectivity index (χ1v) is 14.9. The summed E-state index contributed by atoms with van der Waals surface area (Å²) in [6, 6.07) is 28.0. The van der Waals surface area contributed by atoms with E-state index in [-0.39, 0.29) is 11.6 Å². The van der Waals surface area contributed by atoms with Crippen LogP contribution in [-0.4, -0.2) is 4.57 Å². The lowest BCUT2D eigenvalue weighted by Gasteiger charge is -2.30. The van der Waals surface area contributed by atoms with Crippen LogP contribution in [0.5, 0.6) is 5.75 Å². The fourth-order valence-corrected chi connectivity index (χ4v) is 7.39. The van der Waals surface area contributed by atoms with Gasteiger partial charge in [-0.1, -0.05) is 89.7 Å². The summed E-state index contributed by atoms with van der Waals surface area (Å²) >= 11 is 9.46. The van der Waals surface area contributed by atoms with Crippen molar-refractivity contribution in [3.8, 4) is 5.75 Å². The summed E-state index contributed by atoms with van der Waals surface area (Å²) in [7, 11) is 0. The van der Waals surface area contributed by atoms with E-state index >= 15 is 0 Å². The molecule has 4 nitrogen and oxygen atoms in total. The van der Waals surface area contributed by atoms with Crippen molar-refractivity contribution in [1.29, 1.82) is 0 Å². The molecule has 3 heterocycles. The summed E-state index contributed by atoms with van der Waals surface area (Å²) in [5, 5.41) is 2.75. The second-order valence-electron chi connectivity index (χ2n) is 9.55. The molecule has 1 aliphatic carbocycles. The van der Waals surface area contributed by atoms with Gasteiger partial charge < -0.3 is 4.74 Å². The Labute approximate surface area is 238 Å². The third-order valence-electron chi connectivity index (χ3n) is 7.23. The Morgan fingerprint density at radius 3 is 2.67 bits per heavy atom. The number of allylic oxidation sites excluding steroid dienone is 1. The number of nitrogens with zero attached hydrogens (tertiary/aromatic N) is 2. The predicted molar refractivity (Wildman–Crippen MR) is 159 cm³/mol. The van der Waals surface area contributed by atoms with E-state index in [0.717, 1.165) is 39.3 Å². The number of halogens is 1. The lowest BCUT2D eigenvalue weighted by atomic mass is 9.85. The zero-order valence-electron chi connectivity index (χ0n) is 20.8. The van der Waals surface area contributed by atoms with Crippen molar-refractivity contribution in [3.63, 3.8) is 0 Å². The summed E-state index contributed by atoms with van der Waals surface area (Å²) in [6.07, 6.45) is 3.77. The van der Waals surface area contributed by atoms with Gasteiger partial charge in [-0.25, -0.2) is 4.99 Å². The Hall–Kier alpha value is -3.71. The van der Waals surface area contributed by atoms with Gasteiger partial charge in [0.05, 0.1) is 16.3 Å². The number of hydrogen-bond acceptors (Lipinski definition) is 5. The average molecular weight is 567 g/mol. The molecule has 5 aromatic rings. The fraction of sp³-hybridized carbons (Fsp3) is 0.125. The largest absolute Gasteiger partial charge is 0.488 e. The van der Waals surface area contributed by atoms with Gasteiger partial charge >= 0.3 is 0 Å². The molecule has 0 radical (unpaired) electrons. The summed E-state index contributed by atoms with van der Waals surface area (Å²) < 4.78 is 8.69. The molecular formula is C32H23ClN2O2S2. The van der Waals surface area contributed by atoms with Crippen LogP contribution in [0.1, 0.15) is 39.6 Å². The number of aromatic nitrogens is 1. The van der Waals surface area contributed by atoms with Gasteiger partial charge in [0.15, 0.2) is 4.80 Å². The van der Waals surface area contributed by atoms with Gasteiger partial charge in [-0.15, -0.1) is 11.3 Å². The Morgan fingerprint density at radius 2 is 1.79 bits per heavy atom. The Balaban J connectivity index is 1.35. The zero-order valence-corrected chi connectivity index (χ0v) is 23.2. The number of benzene rings is 3. The first-order valence-electron chi connectivity index (χ1n) is 12.8. The molecule has 1 atom stereocenters. The van der Waals surface area contributed by atoms with E-state index < -0.39 is 0 Å². The molecule has 0 N–H and O–H groups in total. The molecule has 7 rings (SSSR count). The van der Waals surface area contributed by atoms with E-state index in [2.05, 4.69) is 41.8 Å². The van der Waals surface area contributed by atoms with Gasteiger partial charge in [-0.3, -0.25) is 9.36 Å². The Morgan fingerprint density at radius 1 is 0.974 bits per heavy atom. The molecule has 2 aromatic heterocycles. The van der Waals surface area contributed by atoms with E-state index in [1.165, 1.54) is 28.0 Å². The summed E-state index contributed by atoms with van der Waals surface area (Å²) in [4.78, 5) is 21.0. The molecule has 2 aliphatic rings. The van der Waals surface area contributed by atoms with Gasteiger partial charge in [-0.2, -0.15) is 0 Å². The van der Waals surface area contributed by atoms with Gasteiger partial charge in [0.25, 0.3) is 5.56 Å². The lowest BCUT2D eigenvalue weighted by molar-refractivity contribution is 0.305. The van der Waals surface area contributed by atoms with Crippen LogP contribution in [0.2, 0.25) is 5.02 Å². The van der Waals surface area contributed by atoms with Crippen LogP contribution in [-0.2, 0) is 13.0 Å². The van der Waals surface area contributed by atoms with Crippen molar-refractivity contribution >= 4 is 46.0 Å². The summed E-state index contributed by atoms with van der Waals surface area (Å²) in [6.45, 7) is 0.344. The molecular weight excluding hydrogens is 544 g/mol. The molecule has 0 spiro atoms. The minimum absolute atomic E-state index is 0.0246. The van der Waals surface area contributed by atoms with Gasteiger partial charge in [0.2, 0.25) is 0 Å². The average Bonchev–Trinajstić information content (AvgIpc) is 3.60. The number of para-hydroxylation sites is 1. The topological polar surface area (TPSA) is 43.6 Å². The standard InChI is InChI=1S/C32H23ClN2O2S2/c33-25-12-5-2-10-22(25)19-37-26-13-6-3-9-21(26)18-28-31(36)35-30(27-14-7-17-38-27)24-16-15-20-8-1-4-11-23(20)29(24)34-32(35)39-28/h1-14,17-18,30H,15-16,19H2/b28-18+. The minimum Gasteiger partial charge on any atom is -0.488 e. The molecule has 3 aromatic carbocycles. The second kappa shape index (κ2) is 10.1. The monoisotopic (exact) mass is 566 g/mol. The minimum atomic E-state index is -0.140. The maximum absolute atomic E-state index is 14.0. The molecule has 39 heavy (non-hydrogen) atoms. The lowest BCUT2D eigenvalue weighted by Crippen LogP contribution is -2.38. The first kappa shape index (κ1) is 24.3. The van der Waals surface area contributed by atoms with Crippen LogP contribution >= 0.6 is 34.3 Å². The van der Waals surface area contributed by atoms with Crippen molar-refractivity contribution in [3.05, 3.63) is 148 Å². The maximum atomic E-state index is 14.0. The summed E-state index contributed by atoms with van der Waals surface area (Å²) in [5.74, 6) is 0.700. The van der Waals surface area contributed by atoms with Crippen LogP contribution in [0, 0.1) is 0 Å². The Kier molecular flexibility index (Phi) is 6.31. The number of aryl methyl sites for hydroxylation is 1. The molecule has 1 unspecified atom stereocenters. The Bertz CT molecular complexity index is 1920. The molecule has 0 amide bonds. The third-order valence-corrected chi connectivity index (χ3v) is 9.51. The predicted octanol–water partition coefficient (Wildman–Crippen LogP) is 6.61. The molecule has 0 fully saturated rings. The number of fused-ring (bicyclic) bond motifs is 3. The highest BCUT2D eigenvalue weighted by atomic mass is 35.5. The van der Waals surface area contributed by atoms with Gasteiger partial charge in [0.1, 0.15) is 12.4 Å². The van der Waals surface area contributed by atoms with E-state index in [9.17, 15) is 4.79 Å². The number of rotatable bonds is 5. The second-order valence-corrected chi connectivity index (χ2v) is 11.9. The quantitative estimate of drug-likeness (QED) is 0.240. The highest BCUT2D eigenvalue weighted by molar-refractivity contribution is 7.10. The maximum Gasteiger partial charge on any atom is 0.271 e. The third kappa shape index (κ3) is 4.39. The highest BCUT2D eigenvalue weighted by Gasteiger charge is 2.33. The summed E-state index contributed by atoms with van der Waals surface area (Å²) in [5.41, 5.74) is 6.46. The molecule has 0 saturated heterocycles. The number of thiazole rings is 1. The van der Waals surface area contributed by atoms with Crippen molar-refractivity contribution < 1.29 is 4.74 Å². The van der Waals surface area contributed by atoms with E-state index in [1.807, 2.05) is 59.2 Å². The van der Waals surface area contributed by atoms with Gasteiger partial charge in [-0.05, 0) is 53.6 Å². The van der Waals surface area contributed by atoms with Crippen molar-refractivity contribution in [1.82, 2.24) is 4.57 Å². The SMILES string of the molecule is O=c1/c(=C\c2ccccc2OCc2ccccc2Cl)sc2n1C(c1cccs1)C1=C(N=2)c2ccccc2CC1. The normalized spacial score (nSPS) is 16.3. The van der Waals surface area contributed by atoms with Crippen LogP contribution in [0.25, 0.3) is 11.8 Å². The molecule has 192 valence electrons. The number of thiophene rings is 1. The molecule has 0 saturated carbocycles. The van der Waals surface area contributed by atoms with E-state index in [4.69, 9.17) is 21.3 Å².